The molecule has 1 fully saturated rings. The average Bonchev–Trinajstić information content (AvgIpc) is 2.76. The number of hydrogen-bond acceptors (Lipinski definition) is 3. The standard InChI is InChI=1S/C12H20O3S/c1-2-3-8-15-16(13,14)10-12-6-4-11(9-12)5-7-12/h4,6,11H,2-3,5,7-10H2,1H3. The summed E-state index contributed by atoms with van der Waals surface area (Å²) < 4.78 is 28.6. The Balaban J connectivity index is 1.91. The van der Waals surface area contributed by atoms with Crippen molar-refractivity contribution in [3.63, 3.8) is 0 Å². The van der Waals surface area contributed by atoms with Gasteiger partial charge in [0.2, 0.25) is 0 Å². The van der Waals surface area contributed by atoms with E-state index in [2.05, 4.69) is 12.2 Å². The van der Waals surface area contributed by atoms with Gasteiger partial charge in [0.25, 0.3) is 10.1 Å². The van der Waals surface area contributed by atoms with Gasteiger partial charge in [-0.1, -0.05) is 25.5 Å². The molecule has 0 aromatic rings. The van der Waals surface area contributed by atoms with Crippen LogP contribution in [0.3, 0.4) is 0 Å². The summed E-state index contributed by atoms with van der Waals surface area (Å²) in [5, 5.41) is 0. The Bertz CT molecular complexity index is 372. The summed E-state index contributed by atoms with van der Waals surface area (Å²) >= 11 is 0. The number of unbranched alkanes of at least 4 members (excludes halogenated alkanes) is 1. The van der Waals surface area contributed by atoms with Gasteiger partial charge in [-0.05, 0) is 31.6 Å². The third-order valence-electron chi connectivity index (χ3n) is 3.63. The molecular weight excluding hydrogens is 224 g/mol. The zero-order valence-corrected chi connectivity index (χ0v) is 10.6. The van der Waals surface area contributed by atoms with Crippen molar-refractivity contribution in [2.45, 2.75) is 39.0 Å². The summed E-state index contributed by atoms with van der Waals surface area (Å²) in [5.41, 5.74) is -0.101. The van der Waals surface area contributed by atoms with Gasteiger partial charge in [0.1, 0.15) is 0 Å². The maximum atomic E-state index is 11.8. The predicted octanol–water partition coefficient (Wildman–Crippen LogP) is 2.49. The summed E-state index contributed by atoms with van der Waals surface area (Å²) in [7, 11) is -3.33. The molecule has 0 N–H and O–H groups in total. The van der Waals surface area contributed by atoms with E-state index in [0.717, 1.165) is 32.1 Å². The largest absolute Gasteiger partial charge is 0.270 e. The molecule has 0 aromatic carbocycles. The molecule has 2 aliphatic rings. The lowest BCUT2D eigenvalue weighted by Crippen LogP contribution is -2.26. The van der Waals surface area contributed by atoms with E-state index in [0.29, 0.717) is 12.5 Å². The third-order valence-corrected chi connectivity index (χ3v) is 5.08. The second-order valence-electron chi connectivity index (χ2n) is 5.10. The van der Waals surface area contributed by atoms with Gasteiger partial charge in [-0.2, -0.15) is 8.42 Å². The van der Waals surface area contributed by atoms with E-state index in [1.54, 1.807) is 0 Å². The Morgan fingerprint density at radius 2 is 2.31 bits per heavy atom. The monoisotopic (exact) mass is 244 g/mol. The van der Waals surface area contributed by atoms with E-state index in [9.17, 15) is 8.42 Å². The van der Waals surface area contributed by atoms with Crippen LogP contribution in [-0.2, 0) is 14.3 Å². The van der Waals surface area contributed by atoms with Crippen molar-refractivity contribution in [2.24, 2.45) is 11.3 Å². The van der Waals surface area contributed by atoms with Gasteiger partial charge in [0.05, 0.1) is 12.4 Å². The third kappa shape index (κ3) is 2.66. The van der Waals surface area contributed by atoms with Gasteiger partial charge in [-0.15, -0.1) is 0 Å². The highest BCUT2D eigenvalue weighted by molar-refractivity contribution is 7.86. The van der Waals surface area contributed by atoms with Gasteiger partial charge >= 0.3 is 0 Å². The second kappa shape index (κ2) is 4.49. The van der Waals surface area contributed by atoms with Crippen LogP contribution in [0.1, 0.15) is 39.0 Å². The minimum atomic E-state index is -3.33. The molecule has 0 aromatic heterocycles. The lowest BCUT2D eigenvalue weighted by Gasteiger charge is -2.22. The lowest BCUT2D eigenvalue weighted by molar-refractivity contribution is 0.300. The number of rotatable bonds is 6. The van der Waals surface area contributed by atoms with Crippen LogP contribution in [0.2, 0.25) is 0 Å². The lowest BCUT2D eigenvalue weighted by atomic mass is 9.91. The fourth-order valence-corrected chi connectivity index (χ4v) is 4.28. The van der Waals surface area contributed by atoms with Crippen LogP contribution in [0.25, 0.3) is 0 Å². The zero-order valence-electron chi connectivity index (χ0n) is 9.81. The molecule has 16 heavy (non-hydrogen) atoms. The summed E-state index contributed by atoms with van der Waals surface area (Å²) in [5.74, 6) is 0.794. The Morgan fingerprint density at radius 3 is 2.81 bits per heavy atom. The topological polar surface area (TPSA) is 43.4 Å². The van der Waals surface area contributed by atoms with Gasteiger partial charge in [0.15, 0.2) is 0 Å². The van der Waals surface area contributed by atoms with Crippen LogP contribution in [0.5, 0.6) is 0 Å². The van der Waals surface area contributed by atoms with Crippen LogP contribution < -0.4 is 0 Å². The molecule has 2 rings (SSSR count). The van der Waals surface area contributed by atoms with Crippen molar-refractivity contribution in [2.75, 3.05) is 12.4 Å². The molecule has 2 aliphatic carbocycles. The first-order chi connectivity index (χ1) is 7.55. The van der Waals surface area contributed by atoms with E-state index < -0.39 is 10.1 Å². The predicted molar refractivity (Wildman–Crippen MR) is 63.6 cm³/mol. The van der Waals surface area contributed by atoms with Crippen LogP contribution >= 0.6 is 0 Å². The minimum Gasteiger partial charge on any atom is -0.270 e. The molecule has 4 heteroatoms. The molecule has 2 unspecified atom stereocenters. The summed E-state index contributed by atoms with van der Waals surface area (Å²) in [6, 6.07) is 0. The molecule has 0 radical (unpaired) electrons. The molecule has 92 valence electrons. The van der Waals surface area contributed by atoms with E-state index in [4.69, 9.17) is 4.18 Å². The van der Waals surface area contributed by atoms with E-state index in [1.165, 1.54) is 0 Å². The number of hydrogen-bond donors (Lipinski definition) is 0. The molecule has 0 heterocycles. The van der Waals surface area contributed by atoms with Crippen molar-refractivity contribution in [1.29, 1.82) is 0 Å². The Kier molecular flexibility index (Phi) is 3.40. The van der Waals surface area contributed by atoms with Gasteiger partial charge in [0, 0.05) is 5.41 Å². The van der Waals surface area contributed by atoms with Crippen LogP contribution in [-0.4, -0.2) is 20.8 Å². The quantitative estimate of drug-likeness (QED) is 0.409. The molecule has 0 spiro atoms. The van der Waals surface area contributed by atoms with Crippen molar-refractivity contribution in [3.8, 4) is 0 Å². The molecule has 0 saturated heterocycles. The Hall–Kier alpha value is -0.350. The van der Waals surface area contributed by atoms with Crippen molar-refractivity contribution in [3.05, 3.63) is 12.2 Å². The molecule has 2 bridgehead atoms. The highest BCUT2D eigenvalue weighted by Gasteiger charge is 2.43. The average molecular weight is 244 g/mol. The smallest absolute Gasteiger partial charge is 0.268 e. The minimum absolute atomic E-state index is 0.101. The Labute approximate surface area is 98.0 Å². The van der Waals surface area contributed by atoms with Gasteiger partial charge in [-0.3, -0.25) is 4.18 Å². The van der Waals surface area contributed by atoms with Crippen molar-refractivity contribution >= 4 is 10.1 Å². The zero-order chi connectivity index (χ0) is 11.6. The van der Waals surface area contributed by atoms with E-state index in [-0.39, 0.29) is 11.2 Å². The second-order valence-corrected chi connectivity index (χ2v) is 6.74. The summed E-state index contributed by atoms with van der Waals surface area (Å²) in [6.07, 6.45) is 9.19. The fraction of sp³-hybridized carbons (Fsp3) is 0.833. The SMILES string of the molecule is CCCCOS(=O)(=O)CC12C=CC(CC1)C2. The fourth-order valence-electron chi connectivity index (χ4n) is 2.76. The molecule has 0 aliphatic heterocycles. The molecule has 2 atom stereocenters. The highest BCUT2D eigenvalue weighted by atomic mass is 32.2. The number of allylic oxidation sites excluding steroid dienone is 2. The normalized spacial score (nSPS) is 32.4. The van der Waals surface area contributed by atoms with E-state index >= 15 is 0 Å². The molecule has 0 amide bonds. The van der Waals surface area contributed by atoms with E-state index in [1.807, 2.05) is 6.92 Å². The maximum Gasteiger partial charge on any atom is 0.268 e. The summed E-state index contributed by atoms with van der Waals surface area (Å²) in [4.78, 5) is 0. The first-order valence-corrected chi connectivity index (χ1v) is 7.69. The molecular formula is C12H20O3S. The van der Waals surface area contributed by atoms with Crippen molar-refractivity contribution < 1.29 is 12.6 Å². The van der Waals surface area contributed by atoms with Gasteiger partial charge < -0.3 is 0 Å². The van der Waals surface area contributed by atoms with Gasteiger partial charge in [-0.25, -0.2) is 0 Å². The van der Waals surface area contributed by atoms with Crippen LogP contribution in [0, 0.1) is 11.3 Å². The summed E-state index contributed by atoms with van der Waals surface area (Å²) in [6.45, 7) is 2.36. The highest BCUT2D eigenvalue weighted by Crippen LogP contribution is 2.49. The number of fused-ring (bicyclic) bond motifs is 2. The first kappa shape index (κ1) is 12.1. The molecule has 3 nitrogen and oxygen atoms in total. The van der Waals surface area contributed by atoms with Crippen LogP contribution in [0.4, 0.5) is 0 Å². The maximum absolute atomic E-state index is 11.8. The Morgan fingerprint density at radius 1 is 1.50 bits per heavy atom. The van der Waals surface area contributed by atoms with Crippen LogP contribution in [0.15, 0.2) is 12.2 Å². The molecule has 1 saturated carbocycles. The van der Waals surface area contributed by atoms with Crippen molar-refractivity contribution in [1.82, 2.24) is 0 Å². The first-order valence-electron chi connectivity index (χ1n) is 6.12.